The smallest absolute Gasteiger partial charge is 0.328 e. The summed E-state index contributed by atoms with van der Waals surface area (Å²) >= 11 is 3.08. The number of aromatic amines is 1. The highest BCUT2D eigenvalue weighted by atomic mass is 79.9. The second-order valence-corrected chi connectivity index (χ2v) is 5.40. The van der Waals surface area contributed by atoms with E-state index in [0.717, 1.165) is 0 Å². The zero-order chi connectivity index (χ0) is 14.0. The lowest BCUT2D eigenvalue weighted by Crippen LogP contribution is -2.34. The van der Waals surface area contributed by atoms with Gasteiger partial charge in [-0.05, 0) is 23.4 Å². The lowest BCUT2D eigenvalue weighted by molar-refractivity contribution is 0.156. The molecule has 0 saturated heterocycles. The third kappa shape index (κ3) is 2.72. The molecule has 1 aliphatic carbocycles. The van der Waals surface area contributed by atoms with Crippen LogP contribution in [0, 0.1) is 11.3 Å². The Balaban J connectivity index is 2.33. The van der Waals surface area contributed by atoms with Gasteiger partial charge in [0, 0.05) is 24.8 Å². The first-order valence-electron chi connectivity index (χ1n) is 5.88. The van der Waals surface area contributed by atoms with Gasteiger partial charge < -0.3 is 10.2 Å². The van der Waals surface area contributed by atoms with Crippen molar-refractivity contribution in [1.29, 1.82) is 0 Å². The lowest BCUT2D eigenvalue weighted by Gasteiger charge is -2.15. The molecule has 1 aromatic rings. The molecule has 2 rings (SSSR count). The number of hydrogen-bond donors (Lipinski definition) is 3. The average Bonchev–Trinajstić information content (AvgIpc) is 3.09. The van der Waals surface area contributed by atoms with Crippen LogP contribution in [0.4, 0.5) is 0 Å². The van der Waals surface area contributed by atoms with Crippen molar-refractivity contribution in [3.05, 3.63) is 37.6 Å². The van der Waals surface area contributed by atoms with Crippen molar-refractivity contribution >= 4 is 22.0 Å². The van der Waals surface area contributed by atoms with E-state index in [-0.39, 0.29) is 25.7 Å². The van der Waals surface area contributed by atoms with E-state index in [1.54, 1.807) is 0 Å². The molecule has 6 nitrogen and oxygen atoms in total. The van der Waals surface area contributed by atoms with Crippen LogP contribution in [0.25, 0.3) is 6.08 Å². The number of aliphatic hydroxyl groups excluding tert-OH is 2. The minimum Gasteiger partial charge on any atom is -0.396 e. The fourth-order valence-corrected chi connectivity index (χ4v) is 2.58. The summed E-state index contributed by atoms with van der Waals surface area (Å²) in [6.45, 7) is 0.188. The van der Waals surface area contributed by atoms with Gasteiger partial charge in [0.25, 0.3) is 5.56 Å². The van der Waals surface area contributed by atoms with E-state index in [9.17, 15) is 14.7 Å². The molecule has 3 N–H and O–H groups in total. The van der Waals surface area contributed by atoms with E-state index in [0.29, 0.717) is 12.0 Å². The van der Waals surface area contributed by atoms with Crippen molar-refractivity contribution < 1.29 is 10.2 Å². The summed E-state index contributed by atoms with van der Waals surface area (Å²) in [4.78, 5) is 27.0. The van der Waals surface area contributed by atoms with Gasteiger partial charge in [0.05, 0.1) is 12.2 Å². The quantitative estimate of drug-likeness (QED) is 0.702. The maximum Gasteiger partial charge on any atom is 0.328 e. The third-order valence-electron chi connectivity index (χ3n) is 3.66. The molecule has 19 heavy (non-hydrogen) atoms. The predicted molar refractivity (Wildman–Crippen MR) is 74.0 cm³/mol. The summed E-state index contributed by atoms with van der Waals surface area (Å²) in [5, 5.41) is 18.5. The number of H-pyrrole nitrogens is 1. The zero-order valence-corrected chi connectivity index (χ0v) is 11.8. The molecule has 0 amide bonds. The van der Waals surface area contributed by atoms with Crippen LogP contribution in [-0.4, -0.2) is 33.0 Å². The Morgan fingerprint density at radius 3 is 2.79 bits per heavy atom. The largest absolute Gasteiger partial charge is 0.396 e. The van der Waals surface area contributed by atoms with Gasteiger partial charge >= 0.3 is 5.69 Å². The van der Waals surface area contributed by atoms with Gasteiger partial charge in [-0.1, -0.05) is 15.9 Å². The molecule has 7 heteroatoms. The molecule has 2 atom stereocenters. The Bertz CT molecular complexity index is 606. The van der Waals surface area contributed by atoms with Crippen LogP contribution in [0.1, 0.15) is 12.0 Å². The minimum absolute atomic E-state index is 0.00601. The summed E-state index contributed by atoms with van der Waals surface area (Å²) in [7, 11) is 0. The maximum absolute atomic E-state index is 11.7. The van der Waals surface area contributed by atoms with Gasteiger partial charge in [-0.3, -0.25) is 14.3 Å². The zero-order valence-electron chi connectivity index (χ0n) is 10.2. The molecule has 1 saturated carbocycles. The van der Waals surface area contributed by atoms with E-state index in [1.807, 2.05) is 0 Å². The van der Waals surface area contributed by atoms with Gasteiger partial charge in [0.1, 0.15) is 0 Å². The summed E-state index contributed by atoms with van der Waals surface area (Å²) in [5.74, 6) is 0.00601. The Kier molecular flexibility index (Phi) is 4.07. The molecule has 1 aromatic heterocycles. The van der Waals surface area contributed by atoms with E-state index in [4.69, 9.17) is 5.11 Å². The first-order valence-corrected chi connectivity index (χ1v) is 6.80. The fraction of sp³-hybridized carbons (Fsp3) is 0.500. The summed E-state index contributed by atoms with van der Waals surface area (Å²) < 4.78 is 1.37. The van der Waals surface area contributed by atoms with Crippen LogP contribution in [-0.2, 0) is 6.54 Å². The number of halogens is 1. The highest BCUT2D eigenvalue weighted by molar-refractivity contribution is 9.11. The highest BCUT2D eigenvalue weighted by Gasteiger charge is 2.53. The normalized spacial score (nSPS) is 25.9. The number of hydrogen-bond acceptors (Lipinski definition) is 4. The molecular formula is C12H15BrN2O4. The van der Waals surface area contributed by atoms with Crippen molar-refractivity contribution in [2.75, 3.05) is 13.2 Å². The summed E-state index contributed by atoms with van der Waals surface area (Å²) in [5.41, 5.74) is -1.06. The lowest BCUT2D eigenvalue weighted by atomic mass is 10.1. The minimum atomic E-state index is -0.506. The number of nitrogens with zero attached hydrogens (tertiary/aromatic N) is 1. The molecule has 0 unspecified atom stereocenters. The van der Waals surface area contributed by atoms with Crippen LogP contribution < -0.4 is 11.2 Å². The molecule has 0 aliphatic heterocycles. The van der Waals surface area contributed by atoms with E-state index in [1.165, 1.54) is 21.8 Å². The number of aromatic nitrogens is 2. The molecule has 0 spiro atoms. The second kappa shape index (κ2) is 5.44. The molecule has 104 valence electrons. The van der Waals surface area contributed by atoms with Gasteiger partial charge in [-0.15, -0.1) is 0 Å². The average molecular weight is 331 g/mol. The second-order valence-electron chi connectivity index (χ2n) is 4.87. The first kappa shape index (κ1) is 14.2. The Labute approximate surface area is 117 Å². The Morgan fingerprint density at radius 1 is 1.53 bits per heavy atom. The van der Waals surface area contributed by atoms with Gasteiger partial charge in [-0.2, -0.15) is 0 Å². The highest BCUT2D eigenvalue weighted by Crippen LogP contribution is 2.52. The molecule has 1 aliphatic rings. The SMILES string of the molecule is O=c1[nH]c(=O)n(C[C@]2(CO)C[C@H]2CO)cc1C=CBr. The molecular weight excluding hydrogens is 316 g/mol. The van der Waals surface area contributed by atoms with Crippen molar-refractivity contribution in [2.45, 2.75) is 13.0 Å². The van der Waals surface area contributed by atoms with Crippen molar-refractivity contribution in [1.82, 2.24) is 9.55 Å². The molecule has 1 fully saturated rings. The first-order chi connectivity index (χ1) is 9.06. The molecule has 0 aromatic carbocycles. The molecule has 1 heterocycles. The van der Waals surface area contributed by atoms with Gasteiger partial charge in [0.15, 0.2) is 0 Å². The van der Waals surface area contributed by atoms with Gasteiger partial charge in [0.2, 0.25) is 0 Å². The van der Waals surface area contributed by atoms with Gasteiger partial charge in [-0.25, -0.2) is 4.79 Å². The fourth-order valence-electron chi connectivity index (χ4n) is 2.30. The molecule has 0 radical (unpaired) electrons. The number of aliphatic hydroxyl groups is 2. The third-order valence-corrected chi connectivity index (χ3v) is 3.92. The van der Waals surface area contributed by atoms with Crippen LogP contribution in [0.3, 0.4) is 0 Å². The predicted octanol–water partition coefficient (Wildman–Crippen LogP) is -0.107. The van der Waals surface area contributed by atoms with Crippen LogP contribution in [0.15, 0.2) is 20.8 Å². The van der Waals surface area contributed by atoms with Crippen molar-refractivity contribution in [3.63, 3.8) is 0 Å². The van der Waals surface area contributed by atoms with E-state index in [2.05, 4.69) is 20.9 Å². The van der Waals surface area contributed by atoms with Crippen molar-refractivity contribution in [3.8, 4) is 0 Å². The number of rotatable bonds is 5. The summed E-state index contributed by atoms with van der Waals surface area (Å²) in [6, 6.07) is 0. The van der Waals surface area contributed by atoms with Crippen LogP contribution >= 0.6 is 15.9 Å². The number of nitrogens with one attached hydrogen (secondary N) is 1. The monoisotopic (exact) mass is 330 g/mol. The Hall–Kier alpha value is -1.18. The Morgan fingerprint density at radius 2 is 2.26 bits per heavy atom. The maximum atomic E-state index is 11.7. The topological polar surface area (TPSA) is 95.3 Å². The standard InChI is InChI=1S/C12H15BrN2O4/c13-2-1-8-4-15(11(19)14-10(8)18)6-12(7-17)3-9(12)5-16/h1-2,4,9,16-17H,3,5-7H2,(H,14,18,19)/t9-,12-/m0/s1. The molecule has 0 bridgehead atoms. The van der Waals surface area contributed by atoms with E-state index >= 15 is 0 Å². The van der Waals surface area contributed by atoms with E-state index < -0.39 is 16.7 Å². The van der Waals surface area contributed by atoms with Crippen LogP contribution in [0.2, 0.25) is 0 Å². The van der Waals surface area contributed by atoms with Crippen molar-refractivity contribution in [2.24, 2.45) is 11.3 Å². The summed E-state index contributed by atoms with van der Waals surface area (Å²) in [6.07, 6.45) is 3.68. The van der Waals surface area contributed by atoms with Crippen LogP contribution in [0.5, 0.6) is 0 Å².